The number of benzene rings is 1. The number of fused-ring (bicyclic) bond motifs is 1. The largest absolute Gasteiger partial charge is 0.493 e. The van der Waals surface area contributed by atoms with Crippen molar-refractivity contribution in [3.63, 3.8) is 0 Å². The first-order valence-corrected chi connectivity index (χ1v) is 6.59. The van der Waals surface area contributed by atoms with Crippen LogP contribution in [0.1, 0.15) is 46.1 Å². The molecule has 100 valence electrons. The van der Waals surface area contributed by atoms with Gasteiger partial charge in [0.05, 0.1) is 6.61 Å². The second kappa shape index (κ2) is 4.47. The van der Waals surface area contributed by atoms with E-state index in [4.69, 9.17) is 15.2 Å². The summed E-state index contributed by atoms with van der Waals surface area (Å²) in [6.07, 6.45) is 1.81. The van der Waals surface area contributed by atoms with Gasteiger partial charge in [-0.15, -0.1) is 0 Å². The molecular formula is C15H23NO2. The quantitative estimate of drug-likeness (QED) is 0.894. The first-order chi connectivity index (χ1) is 8.34. The van der Waals surface area contributed by atoms with Crippen molar-refractivity contribution in [1.29, 1.82) is 0 Å². The van der Waals surface area contributed by atoms with E-state index in [0.717, 1.165) is 36.5 Å². The standard InChI is InChI=1S/C15H23NO2/c1-5-8-17-11-6-7-12-13(9-11)18-14(2,3)10-15(12,4)16/h6-7,9H,5,8,10,16H2,1-4H3. The maximum atomic E-state index is 6.39. The summed E-state index contributed by atoms with van der Waals surface area (Å²) in [4.78, 5) is 0. The minimum atomic E-state index is -0.347. The molecule has 0 radical (unpaired) electrons. The van der Waals surface area contributed by atoms with Gasteiger partial charge < -0.3 is 15.2 Å². The van der Waals surface area contributed by atoms with Crippen LogP contribution in [-0.4, -0.2) is 12.2 Å². The molecule has 1 atom stereocenters. The lowest BCUT2D eigenvalue weighted by atomic mass is 9.80. The minimum absolute atomic E-state index is 0.236. The molecule has 0 amide bonds. The van der Waals surface area contributed by atoms with E-state index in [1.54, 1.807) is 0 Å². The average molecular weight is 249 g/mol. The Labute approximate surface area is 109 Å². The second-order valence-corrected chi connectivity index (χ2v) is 5.96. The van der Waals surface area contributed by atoms with Gasteiger partial charge in [-0.1, -0.05) is 6.92 Å². The molecule has 1 heterocycles. The Morgan fingerprint density at radius 1 is 1.33 bits per heavy atom. The van der Waals surface area contributed by atoms with Gasteiger partial charge in [0.2, 0.25) is 0 Å². The summed E-state index contributed by atoms with van der Waals surface area (Å²) >= 11 is 0. The van der Waals surface area contributed by atoms with Crippen LogP contribution in [0.4, 0.5) is 0 Å². The molecule has 2 N–H and O–H groups in total. The van der Waals surface area contributed by atoms with E-state index in [1.807, 2.05) is 18.2 Å². The van der Waals surface area contributed by atoms with Gasteiger partial charge in [0, 0.05) is 23.6 Å². The van der Waals surface area contributed by atoms with E-state index < -0.39 is 0 Å². The molecule has 1 aliphatic rings. The highest BCUT2D eigenvalue weighted by atomic mass is 16.5. The lowest BCUT2D eigenvalue weighted by molar-refractivity contribution is 0.0499. The van der Waals surface area contributed by atoms with Crippen molar-refractivity contribution in [3.8, 4) is 11.5 Å². The van der Waals surface area contributed by atoms with Crippen molar-refractivity contribution >= 4 is 0 Å². The summed E-state index contributed by atoms with van der Waals surface area (Å²) in [6, 6.07) is 5.95. The van der Waals surface area contributed by atoms with Gasteiger partial charge in [-0.25, -0.2) is 0 Å². The number of ether oxygens (including phenoxy) is 2. The molecule has 1 aromatic carbocycles. The SMILES string of the molecule is CCCOc1ccc2c(c1)OC(C)(C)CC2(C)N. The van der Waals surface area contributed by atoms with Crippen molar-refractivity contribution in [1.82, 2.24) is 0 Å². The third-order valence-corrected chi connectivity index (χ3v) is 3.22. The van der Waals surface area contributed by atoms with E-state index in [0.29, 0.717) is 0 Å². The fraction of sp³-hybridized carbons (Fsp3) is 0.600. The Hall–Kier alpha value is -1.22. The molecule has 0 saturated carbocycles. The average Bonchev–Trinajstić information content (AvgIpc) is 2.22. The summed E-state index contributed by atoms with van der Waals surface area (Å²) in [5.41, 5.74) is 6.87. The second-order valence-electron chi connectivity index (χ2n) is 5.96. The Bertz CT molecular complexity index is 438. The Morgan fingerprint density at radius 3 is 2.72 bits per heavy atom. The Kier molecular flexibility index (Phi) is 3.28. The Morgan fingerprint density at radius 2 is 2.06 bits per heavy atom. The highest BCUT2D eigenvalue weighted by Gasteiger charge is 2.39. The molecule has 1 unspecified atom stereocenters. The molecule has 0 aromatic heterocycles. The van der Waals surface area contributed by atoms with Crippen LogP contribution in [0.5, 0.6) is 11.5 Å². The molecule has 1 aliphatic heterocycles. The van der Waals surface area contributed by atoms with Crippen molar-refractivity contribution in [3.05, 3.63) is 23.8 Å². The molecule has 2 rings (SSSR count). The maximum absolute atomic E-state index is 6.39. The molecule has 0 bridgehead atoms. The van der Waals surface area contributed by atoms with Crippen LogP contribution in [0, 0.1) is 0 Å². The van der Waals surface area contributed by atoms with E-state index in [-0.39, 0.29) is 11.1 Å². The summed E-state index contributed by atoms with van der Waals surface area (Å²) in [5.74, 6) is 1.70. The van der Waals surface area contributed by atoms with E-state index in [2.05, 4.69) is 27.7 Å². The predicted molar refractivity (Wildman–Crippen MR) is 73.1 cm³/mol. The molecule has 18 heavy (non-hydrogen) atoms. The minimum Gasteiger partial charge on any atom is -0.493 e. The summed E-state index contributed by atoms with van der Waals surface area (Å²) in [7, 11) is 0. The van der Waals surface area contributed by atoms with E-state index >= 15 is 0 Å². The molecule has 0 aliphatic carbocycles. The van der Waals surface area contributed by atoms with Crippen LogP contribution >= 0.6 is 0 Å². The van der Waals surface area contributed by atoms with Gasteiger partial charge in [-0.3, -0.25) is 0 Å². The third-order valence-electron chi connectivity index (χ3n) is 3.22. The van der Waals surface area contributed by atoms with Crippen LogP contribution in [0.2, 0.25) is 0 Å². The number of nitrogens with two attached hydrogens (primary N) is 1. The van der Waals surface area contributed by atoms with Gasteiger partial charge in [0.15, 0.2) is 0 Å². The third kappa shape index (κ3) is 2.61. The molecular weight excluding hydrogens is 226 g/mol. The van der Waals surface area contributed by atoms with Crippen LogP contribution in [0.25, 0.3) is 0 Å². The highest BCUT2D eigenvalue weighted by Crippen LogP contribution is 2.43. The maximum Gasteiger partial charge on any atom is 0.128 e. The van der Waals surface area contributed by atoms with Crippen LogP contribution < -0.4 is 15.2 Å². The topological polar surface area (TPSA) is 44.5 Å². The lowest BCUT2D eigenvalue weighted by Gasteiger charge is -2.42. The van der Waals surface area contributed by atoms with Crippen LogP contribution in [-0.2, 0) is 5.54 Å². The molecule has 3 heteroatoms. The fourth-order valence-corrected chi connectivity index (χ4v) is 2.68. The summed E-state index contributed by atoms with van der Waals surface area (Å²) in [5, 5.41) is 0. The zero-order chi connectivity index (χ0) is 13.4. The number of hydrogen-bond donors (Lipinski definition) is 1. The number of rotatable bonds is 3. The molecule has 3 nitrogen and oxygen atoms in total. The molecule has 0 saturated heterocycles. The smallest absolute Gasteiger partial charge is 0.128 e. The Balaban J connectivity index is 2.34. The van der Waals surface area contributed by atoms with E-state index in [9.17, 15) is 0 Å². The fourth-order valence-electron chi connectivity index (χ4n) is 2.68. The van der Waals surface area contributed by atoms with Gasteiger partial charge in [-0.2, -0.15) is 0 Å². The van der Waals surface area contributed by atoms with Crippen LogP contribution in [0.3, 0.4) is 0 Å². The van der Waals surface area contributed by atoms with Gasteiger partial charge >= 0.3 is 0 Å². The zero-order valence-electron chi connectivity index (χ0n) is 11.7. The number of hydrogen-bond acceptors (Lipinski definition) is 3. The monoisotopic (exact) mass is 249 g/mol. The van der Waals surface area contributed by atoms with Crippen molar-refractivity contribution in [2.75, 3.05) is 6.61 Å². The van der Waals surface area contributed by atoms with E-state index in [1.165, 1.54) is 0 Å². The molecule has 0 fully saturated rings. The van der Waals surface area contributed by atoms with Gasteiger partial charge in [0.1, 0.15) is 17.1 Å². The molecule has 1 aromatic rings. The lowest BCUT2D eigenvalue weighted by Crippen LogP contribution is -2.47. The normalized spacial score (nSPS) is 25.2. The predicted octanol–water partition coefficient (Wildman–Crippen LogP) is 3.21. The van der Waals surface area contributed by atoms with Gasteiger partial charge in [0.25, 0.3) is 0 Å². The van der Waals surface area contributed by atoms with Gasteiger partial charge in [-0.05, 0) is 39.3 Å². The first kappa shape index (κ1) is 13.2. The van der Waals surface area contributed by atoms with Crippen molar-refractivity contribution in [2.24, 2.45) is 5.73 Å². The zero-order valence-corrected chi connectivity index (χ0v) is 11.7. The molecule has 0 spiro atoms. The first-order valence-electron chi connectivity index (χ1n) is 6.59. The summed E-state index contributed by atoms with van der Waals surface area (Å²) in [6.45, 7) is 9.01. The summed E-state index contributed by atoms with van der Waals surface area (Å²) < 4.78 is 11.7. The highest BCUT2D eigenvalue weighted by molar-refractivity contribution is 5.46. The van der Waals surface area contributed by atoms with Crippen molar-refractivity contribution in [2.45, 2.75) is 51.7 Å². The van der Waals surface area contributed by atoms with Crippen molar-refractivity contribution < 1.29 is 9.47 Å². The van der Waals surface area contributed by atoms with Crippen LogP contribution in [0.15, 0.2) is 18.2 Å².